The summed E-state index contributed by atoms with van der Waals surface area (Å²) in [6, 6.07) is 5.51. The molecule has 0 saturated carbocycles. The number of amides is 1. The molecular formula is C16H17ClN2O3. The summed E-state index contributed by atoms with van der Waals surface area (Å²) in [6.07, 6.45) is 2.57. The Morgan fingerprint density at radius 2 is 2.23 bits per heavy atom. The zero-order valence-electron chi connectivity index (χ0n) is 12.2. The number of aromatic nitrogens is 1. The minimum atomic E-state index is -0.843. The molecule has 1 aliphatic rings. The van der Waals surface area contributed by atoms with E-state index in [1.165, 1.54) is 0 Å². The van der Waals surface area contributed by atoms with Crippen LogP contribution in [-0.4, -0.2) is 40.0 Å². The summed E-state index contributed by atoms with van der Waals surface area (Å²) in [6.45, 7) is 2.46. The highest BCUT2D eigenvalue weighted by Gasteiger charge is 2.41. The Morgan fingerprint density at radius 1 is 1.45 bits per heavy atom. The number of halogens is 1. The third-order valence-corrected chi connectivity index (χ3v) is 4.65. The molecule has 0 aliphatic carbocycles. The van der Waals surface area contributed by atoms with Gasteiger partial charge in [0.1, 0.15) is 0 Å². The fourth-order valence-electron chi connectivity index (χ4n) is 2.93. The Hall–Kier alpha value is -2.01. The number of fused-ring (bicyclic) bond motifs is 1. The number of aromatic amines is 1. The predicted octanol–water partition coefficient (Wildman–Crippen LogP) is 2.69. The van der Waals surface area contributed by atoms with Gasteiger partial charge in [-0.3, -0.25) is 9.59 Å². The summed E-state index contributed by atoms with van der Waals surface area (Å²) in [7, 11) is 0. The average Bonchev–Trinajstić information content (AvgIpc) is 3.04. The molecule has 2 N–H and O–H groups in total. The summed E-state index contributed by atoms with van der Waals surface area (Å²) in [5, 5.41) is 10.9. The van der Waals surface area contributed by atoms with Crippen LogP contribution in [0, 0.1) is 5.41 Å². The molecule has 1 atom stereocenters. The zero-order valence-corrected chi connectivity index (χ0v) is 13.0. The van der Waals surface area contributed by atoms with E-state index in [2.05, 4.69) is 4.98 Å². The summed E-state index contributed by atoms with van der Waals surface area (Å²) >= 11 is 5.95. The van der Waals surface area contributed by atoms with Crippen LogP contribution in [0.25, 0.3) is 10.9 Å². The summed E-state index contributed by atoms with van der Waals surface area (Å²) in [4.78, 5) is 28.4. The monoisotopic (exact) mass is 320 g/mol. The molecule has 0 bridgehead atoms. The summed E-state index contributed by atoms with van der Waals surface area (Å²) in [5.41, 5.74) is 0.969. The van der Waals surface area contributed by atoms with Crippen molar-refractivity contribution in [3.8, 4) is 0 Å². The van der Waals surface area contributed by atoms with E-state index >= 15 is 0 Å². The molecule has 1 unspecified atom stereocenters. The molecule has 1 fully saturated rings. The molecule has 2 heterocycles. The van der Waals surface area contributed by atoms with Crippen LogP contribution in [0.2, 0.25) is 5.02 Å². The van der Waals surface area contributed by atoms with Crippen LogP contribution in [-0.2, 0) is 16.0 Å². The largest absolute Gasteiger partial charge is 0.481 e. The number of nitrogens with zero attached hydrogens (tertiary/aromatic N) is 1. The van der Waals surface area contributed by atoms with Gasteiger partial charge >= 0.3 is 5.97 Å². The maximum atomic E-state index is 12.4. The van der Waals surface area contributed by atoms with Crippen LogP contribution >= 0.6 is 11.6 Å². The van der Waals surface area contributed by atoms with E-state index in [0.29, 0.717) is 18.0 Å². The lowest BCUT2D eigenvalue weighted by Gasteiger charge is -2.20. The van der Waals surface area contributed by atoms with E-state index in [-0.39, 0.29) is 18.9 Å². The highest BCUT2D eigenvalue weighted by molar-refractivity contribution is 6.31. The van der Waals surface area contributed by atoms with Crippen LogP contribution < -0.4 is 0 Å². The van der Waals surface area contributed by atoms with Gasteiger partial charge < -0.3 is 15.0 Å². The highest BCUT2D eigenvalue weighted by Crippen LogP contribution is 2.31. The topological polar surface area (TPSA) is 73.4 Å². The van der Waals surface area contributed by atoms with E-state index in [0.717, 1.165) is 16.5 Å². The van der Waals surface area contributed by atoms with Gasteiger partial charge in [-0.2, -0.15) is 0 Å². The number of carbonyl (C=O) groups excluding carboxylic acids is 1. The number of carbonyl (C=O) groups is 2. The maximum absolute atomic E-state index is 12.4. The molecule has 1 aromatic carbocycles. The Morgan fingerprint density at radius 3 is 2.91 bits per heavy atom. The van der Waals surface area contributed by atoms with Crippen molar-refractivity contribution >= 4 is 34.4 Å². The summed E-state index contributed by atoms with van der Waals surface area (Å²) < 4.78 is 0. The average molecular weight is 321 g/mol. The zero-order chi connectivity index (χ0) is 15.9. The van der Waals surface area contributed by atoms with Gasteiger partial charge in [0.25, 0.3) is 0 Å². The number of rotatable bonds is 3. The van der Waals surface area contributed by atoms with Gasteiger partial charge in [0.15, 0.2) is 0 Å². The molecule has 2 aromatic rings. The minimum absolute atomic E-state index is 0.0409. The van der Waals surface area contributed by atoms with Gasteiger partial charge in [-0.15, -0.1) is 0 Å². The lowest BCUT2D eigenvalue weighted by Crippen LogP contribution is -2.35. The van der Waals surface area contributed by atoms with Crippen molar-refractivity contribution in [1.82, 2.24) is 9.88 Å². The lowest BCUT2D eigenvalue weighted by atomic mass is 9.90. The normalized spacial score (nSPS) is 21.5. The molecule has 0 spiro atoms. The van der Waals surface area contributed by atoms with Crippen molar-refractivity contribution in [2.75, 3.05) is 13.1 Å². The van der Waals surface area contributed by atoms with E-state index in [1.54, 1.807) is 17.9 Å². The first-order valence-electron chi connectivity index (χ1n) is 7.16. The number of H-pyrrole nitrogens is 1. The van der Waals surface area contributed by atoms with Gasteiger partial charge in [-0.05, 0) is 31.0 Å². The van der Waals surface area contributed by atoms with Gasteiger partial charge in [0.05, 0.1) is 11.8 Å². The molecule has 5 nitrogen and oxygen atoms in total. The first-order chi connectivity index (χ1) is 10.4. The number of benzene rings is 1. The number of carboxylic acid groups (broad SMARTS) is 1. The minimum Gasteiger partial charge on any atom is -0.481 e. The third-order valence-electron chi connectivity index (χ3n) is 4.41. The summed E-state index contributed by atoms with van der Waals surface area (Å²) in [5.74, 6) is -0.884. The first kappa shape index (κ1) is 14.9. The molecule has 1 aliphatic heterocycles. The Labute approximate surface area is 132 Å². The Kier molecular flexibility index (Phi) is 3.60. The second kappa shape index (κ2) is 5.32. The van der Waals surface area contributed by atoms with Crippen molar-refractivity contribution in [2.24, 2.45) is 5.41 Å². The number of carboxylic acids is 1. The Balaban J connectivity index is 1.76. The van der Waals surface area contributed by atoms with Crippen molar-refractivity contribution in [3.05, 3.63) is 35.0 Å². The van der Waals surface area contributed by atoms with Crippen molar-refractivity contribution in [1.29, 1.82) is 0 Å². The quantitative estimate of drug-likeness (QED) is 0.913. The molecule has 1 aromatic heterocycles. The number of likely N-dealkylation sites (tertiary alicyclic amines) is 1. The smallest absolute Gasteiger partial charge is 0.311 e. The molecule has 116 valence electrons. The fourth-order valence-corrected chi connectivity index (χ4v) is 3.10. The van der Waals surface area contributed by atoms with Crippen molar-refractivity contribution < 1.29 is 14.7 Å². The number of hydrogen-bond acceptors (Lipinski definition) is 2. The molecule has 3 rings (SSSR count). The Bertz CT molecular complexity index is 755. The fraction of sp³-hybridized carbons (Fsp3) is 0.375. The maximum Gasteiger partial charge on any atom is 0.311 e. The van der Waals surface area contributed by atoms with Crippen molar-refractivity contribution in [3.63, 3.8) is 0 Å². The molecule has 1 amide bonds. The second-order valence-corrected chi connectivity index (χ2v) is 6.55. The van der Waals surface area contributed by atoms with Crippen LogP contribution in [0.5, 0.6) is 0 Å². The number of nitrogens with one attached hydrogen (secondary N) is 1. The van der Waals surface area contributed by atoms with Gasteiger partial charge in [0, 0.05) is 35.2 Å². The van der Waals surface area contributed by atoms with Crippen LogP contribution in [0.4, 0.5) is 0 Å². The van der Waals surface area contributed by atoms with Gasteiger partial charge in [0.2, 0.25) is 5.91 Å². The molecule has 6 heteroatoms. The lowest BCUT2D eigenvalue weighted by molar-refractivity contribution is -0.147. The highest BCUT2D eigenvalue weighted by atomic mass is 35.5. The van der Waals surface area contributed by atoms with E-state index < -0.39 is 11.4 Å². The van der Waals surface area contributed by atoms with Crippen LogP contribution in [0.15, 0.2) is 24.4 Å². The van der Waals surface area contributed by atoms with E-state index in [9.17, 15) is 14.7 Å². The molecule has 0 radical (unpaired) electrons. The molecule has 1 saturated heterocycles. The SMILES string of the molecule is CC1(C(=O)O)CCN(C(=O)Cc2c[nH]c3cc(Cl)ccc23)C1. The van der Waals surface area contributed by atoms with Gasteiger partial charge in [-0.25, -0.2) is 0 Å². The van der Waals surface area contributed by atoms with Crippen molar-refractivity contribution in [2.45, 2.75) is 19.8 Å². The van der Waals surface area contributed by atoms with Crippen LogP contribution in [0.1, 0.15) is 18.9 Å². The van der Waals surface area contributed by atoms with Crippen LogP contribution in [0.3, 0.4) is 0 Å². The predicted molar refractivity (Wildman–Crippen MR) is 84.0 cm³/mol. The molecular weight excluding hydrogens is 304 g/mol. The second-order valence-electron chi connectivity index (χ2n) is 6.11. The van der Waals surface area contributed by atoms with E-state index in [4.69, 9.17) is 11.6 Å². The third kappa shape index (κ3) is 2.57. The standard InChI is InChI=1S/C16H17ClN2O3/c1-16(15(21)22)4-5-19(9-16)14(20)6-10-8-18-13-7-11(17)2-3-12(10)13/h2-3,7-8,18H,4-6,9H2,1H3,(H,21,22). The number of aliphatic carboxylic acids is 1. The van der Waals surface area contributed by atoms with E-state index in [1.807, 2.05) is 18.3 Å². The van der Waals surface area contributed by atoms with Gasteiger partial charge in [-0.1, -0.05) is 17.7 Å². The molecule has 22 heavy (non-hydrogen) atoms. The number of hydrogen-bond donors (Lipinski definition) is 2. The first-order valence-corrected chi connectivity index (χ1v) is 7.53.